The molecule has 2 N–H and O–H groups in total. The second-order valence-corrected chi connectivity index (χ2v) is 4.05. The number of rotatable bonds is 2. The fraction of sp³-hybridized carbons (Fsp3) is 0.286. The smallest absolute Gasteiger partial charge is 0.374 e. The quantitative estimate of drug-likeness (QED) is 0.873. The fourth-order valence-electron chi connectivity index (χ4n) is 1.07. The van der Waals surface area contributed by atoms with Crippen LogP contribution in [0.1, 0.15) is 10.6 Å². The molecule has 2 aromatic rings. The van der Waals surface area contributed by atoms with Gasteiger partial charge in [-0.15, -0.1) is 10.2 Å². The summed E-state index contributed by atoms with van der Waals surface area (Å²) in [5.41, 5.74) is 4.55. The van der Waals surface area contributed by atoms with E-state index in [4.69, 9.17) is 5.73 Å². The molecule has 0 bridgehead atoms. The lowest BCUT2D eigenvalue weighted by atomic mass is 10.4. The highest BCUT2D eigenvalue weighted by molar-refractivity contribution is 7.15. The van der Waals surface area contributed by atoms with Gasteiger partial charge in [-0.1, -0.05) is 11.3 Å². The van der Waals surface area contributed by atoms with E-state index in [9.17, 15) is 13.2 Å². The van der Waals surface area contributed by atoms with E-state index in [2.05, 4.69) is 15.3 Å². The molecule has 0 atom stereocenters. The van der Waals surface area contributed by atoms with E-state index in [-0.39, 0.29) is 11.7 Å². The number of aromatic nitrogens is 4. The van der Waals surface area contributed by atoms with Crippen molar-refractivity contribution in [3.8, 4) is 0 Å². The SMILES string of the molecule is Nc1nnc(Cn2cc(C(F)(F)F)cn2)s1. The third-order valence-corrected chi connectivity index (χ3v) is 2.48. The molecule has 0 amide bonds. The number of nitrogens with two attached hydrogens (primary N) is 1. The van der Waals surface area contributed by atoms with Gasteiger partial charge in [-0.25, -0.2) is 0 Å². The van der Waals surface area contributed by atoms with Crippen molar-refractivity contribution in [1.82, 2.24) is 20.0 Å². The first kappa shape index (κ1) is 10.9. The van der Waals surface area contributed by atoms with Crippen LogP contribution < -0.4 is 5.73 Å². The molecule has 0 saturated heterocycles. The molecule has 0 aliphatic heterocycles. The minimum atomic E-state index is -4.38. The molecule has 0 spiro atoms. The summed E-state index contributed by atoms with van der Waals surface area (Å²) in [6.45, 7) is 0.130. The van der Waals surface area contributed by atoms with Gasteiger partial charge in [0.1, 0.15) is 5.01 Å². The Hall–Kier alpha value is -1.64. The topological polar surface area (TPSA) is 69.6 Å². The minimum Gasteiger partial charge on any atom is -0.374 e. The zero-order chi connectivity index (χ0) is 11.8. The average molecular weight is 249 g/mol. The molecule has 0 aromatic carbocycles. The van der Waals surface area contributed by atoms with Crippen LogP contribution in [0, 0.1) is 0 Å². The molecule has 2 heterocycles. The van der Waals surface area contributed by atoms with E-state index in [0.29, 0.717) is 5.01 Å². The van der Waals surface area contributed by atoms with Gasteiger partial charge in [0.25, 0.3) is 0 Å². The molecule has 0 saturated carbocycles. The van der Waals surface area contributed by atoms with Crippen LogP contribution in [0.2, 0.25) is 0 Å². The van der Waals surface area contributed by atoms with Crippen molar-refractivity contribution in [1.29, 1.82) is 0 Å². The molecule has 9 heteroatoms. The zero-order valence-corrected chi connectivity index (χ0v) is 8.59. The van der Waals surface area contributed by atoms with Crippen LogP contribution in [0.25, 0.3) is 0 Å². The van der Waals surface area contributed by atoms with Crippen LogP contribution in [0.15, 0.2) is 12.4 Å². The van der Waals surface area contributed by atoms with Crippen molar-refractivity contribution < 1.29 is 13.2 Å². The molecular formula is C7H6F3N5S. The van der Waals surface area contributed by atoms with Gasteiger partial charge in [0, 0.05) is 6.20 Å². The molecule has 0 radical (unpaired) electrons. The number of hydrogen-bond donors (Lipinski definition) is 1. The predicted molar refractivity (Wildman–Crippen MR) is 50.7 cm³/mol. The van der Waals surface area contributed by atoms with Crippen LogP contribution in [-0.2, 0) is 12.7 Å². The van der Waals surface area contributed by atoms with Crippen LogP contribution in [-0.4, -0.2) is 20.0 Å². The van der Waals surface area contributed by atoms with E-state index in [1.54, 1.807) is 0 Å². The van der Waals surface area contributed by atoms with E-state index < -0.39 is 11.7 Å². The van der Waals surface area contributed by atoms with Crippen molar-refractivity contribution in [2.45, 2.75) is 12.7 Å². The number of halogens is 3. The molecule has 0 fully saturated rings. The lowest BCUT2D eigenvalue weighted by Crippen LogP contribution is -2.03. The van der Waals surface area contributed by atoms with Gasteiger partial charge < -0.3 is 5.73 Å². The Morgan fingerprint density at radius 3 is 2.62 bits per heavy atom. The first-order valence-electron chi connectivity index (χ1n) is 4.12. The average Bonchev–Trinajstić information content (AvgIpc) is 2.74. The van der Waals surface area contributed by atoms with Gasteiger partial charge in [0.2, 0.25) is 5.13 Å². The van der Waals surface area contributed by atoms with Crippen LogP contribution in [0.3, 0.4) is 0 Å². The summed E-state index contributed by atoms with van der Waals surface area (Å²) in [7, 11) is 0. The standard InChI is InChI=1S/C7H6F3N5S/c8-7(9,10)4-1-12-15(2-4)3-5-13-14-6(11)16-5/h1-2H,3H2,(H2,11,14). The summed E-state index contributed by atoms with van der Waals surface area (Å²) in [6, 6.07) is 0. The Bertz CT molecular complexity index is 488. The highest BCUT2D eigenvalue weighted by atomic mass is 32.1. The molecule has 0 aliphatic carbocycles. The van der Waals surface area contributed by atoms with Crippen LogP contribution in [0.5, 0.6) is 0 Å². The molecular weight excluding hydrogens is 243 g/mol. The zero-order valence-electron chi connectivity index (χ0n) is 7.77. The Morgan fingerprint density at radius 1 is 1.38 bits per heavy atom. The summed E-state index contributed by atoms with van der Waals surface area (Å²) >= 11 is 1.11. The highest BCUT2D eigenvalue weighted by Gasteiger charge is 2.32. The Balaban J connectivity index is 2.14. The number of nitrogen functional groups attached to an aromatic ring is 1. The van der Waals surface area contributed by atoms with Crippen LogP contribution >= 0.6 is 11.3 Å². The van der Waals surface area contributed by atoms with E-state index >= 15 is 0 Å². The summed E-state index contributed by atoms with van der Waals surface area (Å²) in [4.78, 5) is 0. The number of alkyl halides is 3. The number of hydrogen-bond acceptors (Lipinski definition) is 5. The first-order valence-corrected chi connectivity index (χ1v) is 4.94. The summed E-state index contributed by atoms with van der Waals surface area (Å²) in [6.07, 6.45) is -2.69. The Labute approximate surface area is 91.7 Å². The molecule has 0 unspecified atom stereocenters. The third kappa shape index (κ3) is 2.30. The van der Waals surface area contributed by atoms with Gasteiger partial charge >= 0.3 is 6.18 Å². The highest BCUT2D eigenvalue weighted by Crippen LogP contribution is 2.28. The molecule has 5 nitrogen and oxygen atoms in total. The summed E-state index contributed by atoms with van der Waals surface area (Å²) < 4.78 is 37.9. The third-order valence-electron chi connectivity index (χ3n) is 1.74. The van der Waals surface area contributed by atoms with Gasteiger partial charge in [-0.3, -0.25) is 4.68 Å². The number of nitrogens with zero attached hydrogens (tertiary/aromatic N) is 4. The van der Waals surface area contributed by atoms with Crippen molar-refractivity contribution in [3.63, 3.8) is 0 Å². The minimum absolute atomic E-state index is 0.130. The molecule has 2 aromatic heterocycles. The summed E-state index contributed by atoms with van der Waals surface area (Å²) in [5.74, 6) is 0. The Kier molecular flexibility index (Phi) is 2.54. The largest absolute Gasteiger partial charge is 0.419 e. The molecule has 16 heavy (non-hydrogen) atoms. The second kappa shape index (κ2) is 3.74. The van der Waals surface area contributed by atoms with Gasteiger partial charge in [0.15, 0.2) is 0 Å². The van der Waals surface area contributed by atoms with E-state index in [1.807, 2.05) is 0 Å². The predicted octanol–water partition coefficient (Wildman–Crippen LogP) is 1.38. The van der Waals surface area contributed by atoms with Crippen molar-refractivity contribution in [2.75, 3.05) is 5.73 Å². The van der Waals surface area contributed by atoms with E-state index in [1.165, 1.54) is 0 Å². The molecule has 2 rings (SSSR count). The second-order valence-electron chi connectivity index (χ2n) is 2.96. The fourth-order valence-corrected chi connectivity index (χ4v) is 1.67. The summed E-state index contributed by atoms with van der Waals surface area (Å²) in [5, 5.41) is 11.6. The maximum Gasteiger partial charge on any atom is 0.419 e. The lowest BCUT2D eigenvalue weighted by molar-refractivity contribution is -0.137. The van der Waals surface area contributed by atoms with Gasteiger partial charge in [0.05, 0.1) is 18.3 Å². The number of anilines is 1. The molecule has 0 aliphatic rings. The lowest BCUT2D eigenvalue weighted by Gasteiger charge is -2.00. The first-order chi connectivity index (χ1) is 7.45. The van der Waals surface area contributed by atoms with Gasteiger partial charge in [-0.05, 0) is 0 Å². The molecule has 86 valence electrons. The maximum atomic E-state index is 12.2. The normalized spacial score (nSPS) is 11.9. The van der Waals surface area contributed by atoms with Crippen molar-refractivity contribution in [2.24, 2.45) is 0 Å². The van der Waals surface area contributed by atoms with Gasteiger partial charge in [-0.2, -0.15) is 18.3 Å². The van der Waals surface area contributed by atoms with Crippen LogP contribution in [0.4, 0.5) is 18.3 Å². The Morgan fingerprint density at radius 2 is 2.12 bits per heavy atom. The monoisotopic (exact) mass is 249 g/mol. The van der Waals surface area contributed by atoms with Crippen molar-refractivity contribution >= 4 is 16.5 Å². The van der Waals surface area contributed by atoms with Crippen molar-refractivity contribution in [3.05, 3.63) is 23.0 Å². The van der Waals surface area contributed by atoms with E-state index in [0.717, 1.165) is 28.4 Å². The maximum absolute atomic E-state index is 12.2.